The highest BCUT2D eigenvalue weighted by atomic mass is 19.4. The Morgan fingerprint density at radius 2 is 2.22 bits per heavy atom. The minimum atomic E-state index is -4.45. The van der Waals surface area contributed by atoms with Crippen molar-refractivity contribution in [2.24, 2.45) is 0 Å². The van der Waals surface area contributed by atoms with Gasteiger partial charge >= 0.3 is 6.18 Å². The van der Waals surface area contributed by atoms with Gasteiger partial charge in [0.15, 0.2) is 0 Å². The van der Waals surface area contributed by atoms with E-state index in [2.05, 4.69) is 4.98 Å². The number of ether oxygens (including phenoxy) is 1. The number of carbonyl (C=O) groups excluding carboxylic acids is 1. The fraction of sp³-hybridized carbons (Fsp3) is 0.455. The number of nitrogens with zero attached hydrogens (tertiary/aromatic N) is 2. The normalized spacial score (nSPS) is 16.3. The van der Waals surface area contributed by atoms with Crippen LogP contribution in [0.3, 0.4) is 0 Å². The Kier molecular flexibility index (Phi) is 3.40. The van der Waals surface area contributed by atoms with Gasteiger partial charge in [-0.05, 0) is 12.1 Å². The molecule has 0 bridgehead atoms. The lowest BCUT2D eigenvalue weighted by Crippen LogP contribution is -2.56. The number of halogens is 3. The molecule has 0 atom stereocenters. The predicted molar refractivity (Wildman–Crippen MR) is 55.9 cm³/mol. The van der Waals surface area contributed by atoms with E-state index in [4.69, 9.17) is 4.74 Å². The molecule has 1 amide bonds. The van der Waals surface area contributed by atoms with Crippen LogP contribution < -0.4 is 4.74 Å². The molecule has 1 saturated heterocycles. The summed E-state index contributed by atoms with van der Waals surface area (Å²) in [6.07, 6.45) is -3.02. The highest BCUT2D eigenvalue weighted by Crippen LogP contribution is 2.23. The molecule has 0 radical (unpaired) electrons. The Bertz CT molecular complexity index is 416. The molecule has 0 spiro atoms. The molecule has 7 heteroatoms. The summed E-state index contributed by atoms with van der Waals surface area (Å²) in [6, 6.07) is 3.40. The lowest BCUT2D eigenvalue weighted by Gasteiger charge is -2.39. The van der Waals surface area contributed by atoms with Crippen LogP contribution in [0.15, 0.2) is 24.5 Å². The molecule has 98 valence electrons. The highest BCUT2D eigenvalue weighted by Gasteiger charge is 2.38. The maximum Gasteiger partial charge on any atom is 0.397 e. The van der Waals surface area contributed by atoms with E-state index in [0.29, 0.717) is 5.75 Å². The summed E-state index contributed by atoms with van der Waals surface area (Å²) in [4.78, 5) is 16.2. The lowest BCUT2D eigenvalue weighted by molar-refractivity contribution is -0.167. The first-order valence-electron chi connectivity index (χ1n) is 5.35. The average molecular weight is 260 g/mol. The summed E-state index contributed by atoms with van der Waals surface area (Å²) >= 11 is 0. The summed E-state index contributed by atoms with van der Waals surface area (Å²) in [5.41, 5.74) is 0. The number of likely N-dealkylation sites (tertiary alicyclic amines) is 1. The zero-order chi connectivity index (χ0) is 13.2. The van der Waals surface area contributed by atoms with Gasteiger partial charge in [0, 0.05) is 6.20 Å². The van der Waals surface area contributed by atoms with Crippen molar-refractivity contribution in [1.29, 1.82) is 0 Å². The summed E-state index contributed by atoms with van der Waals surface area (Å²) in [7, 11) is 0. The highest BCUT2D eigenvalue weighted by molar-refractivity contribution is 5.77. The summed E-state index contributed by atoms with van der Waals surface area (Å²) in [5.74, 6) is -0.362. The van der Waals surface area contributed by atoms with Crippen LogP contribution in [-0.4, -0.2) is 41.2 Å². The largest absolute Gasteiger partial charge is 0.485 e. The summed E-state index contributed by atoms with van der Waals surface area (Å²) in [6.45, 7) is 0.369. The van der Waals surface area contributed by atoms with Gasteiger partial charge in [0.2, 0.25) is 5.91 Å². The molecule has 4 nitrogen and oxygen atoms in total. The van der Waals surface area contributed by atoms with E-state index in [1.54, 1.807) is 18.3 Å². The average Bonchev–Trinajstić information content (AvgIpc) is 2.21. The number of carbonyl (C=O) groups is 1. The molecular weight excluding hydrogens is 249 g/mol. The second-order valence-electron chi connectivity index (χ2n) is 4.02. The molecule has 18 heavy (non-hydrogen) atoms. The van der Waals surface area contributed by atoms with Gasteiger partial charge in [-0.15, -0.1) is 0 Å². The van der Waals surface area contributed by atoms with Crippen molar-refractivity contribution in [2.75, 3.05) is 13.1 Å². The molecule has 2 rings (SSSR count). The molecule has 1 aliphatic rings. The van der Waals surface area contributed by atoms with Gasteiger partial charge in [0.25, 0.3) is 0 Å². The zero-order valence-electron chi connectivity index (χ0n) is 9.35. The third kappa shape index (κ3) is 3.35. The van der Waals surface area contributed by atoms with Crippen molar-refractivity contribution in [3.8, 4) is 5.75 Å². The fourth-order valence-electron chi connectivity index (χ4n) is 1.61. The molecular formula is C11H11F3N2O2. The number of pyridine rings is 1. The Morgan fingerprint density at radius 3 is 2.78 bits per heavy atom. The molecule has 1 aliphatic heterocycles. The van der Waals surface area contributed by atoms with E-state index < -0.39 is 18.5 Å². The van der Waals surface area contributed by atoms with E-state index in [-0.39, 0.29) is 19.2 Å². The van der Waals surface area contributed by atoms with Crippen LogP contribution >= 0.6 is 0 Å². The van der Waals surface area contributed by atoms with Gasteiger partial charge in [0.05, 0.1) is 19.3 Å². The first-order valence-corrected chi connectivity index (χ1v) is 5.35. The fourth-order valence-corrected chi connectivity index (χ4v) is 1.61. The maximum absolute atomic E-state index is 12.0. The standard InChI is InChI=1S/C11H11F3N2O2/c12-11(13,14)4-10(17)16-6-9(7-16)18-8-2-1-3-15-5-8/h1-3,5,9H,4,6-7H2. The molecule has 1 aromatic heterocycles. The van der Waals surface area contributed by atoms with Crippen LogP contribution in [0.4, 0.5) is 13.2 Å². The van der Waals surface area contributed by atoms with E-state index in [1.165, 1.54) is 6.20 Å². The third-order valence-corrected chi connectivity index (χ3v) is 2.49. The monoisotopic (exact) mass is 260 g/mol. The topological polar surface area (TPSA) is 42.4 Å². The van der Waals surface area contributed by atoms with Crippen molar-refractivity contribution >= 4 is 5.91 Å². The molecule has 2 heterocycles. The molecule has 1 fully saturated rings. The number of aromatic nitrogens is 1. The van der Waals surface area contributed by atoms with Crippen LogP contribution in [0.2, 0.25) is 0 Å². The van der Waals surface area contributed by atoms with E-state index >= 15 is 0 Å². The van der Waals surface area contributed by atoms with Crippen molar-refractivity contribution in [1.82, 2.24) is 9.88 Å². The van der Waals surface area contributed by atoms with Crippen LogP contribution in [-0.2, 0) is 4.79 Å². The second-order valence-corrected chi connectivity index (χ2v) is 4.02. The quantitative estimate of drug-likeness (QED) is 0.829. The van der Waals surface area contributed by atoms with E-state index in [1.807, 2.05) is 0 Å². The molecule has 0 aromatic carbocycles. The van der Waals surface area contributed by atoms with Gasteiger partial charge < -0.3 is 9.64 Å². The third-order valence-electron chi connectivity index (χ3n) is 2.49. The second kappa shape index (κ2) is 4.83. The van der Waals surface area contributed by atoms with Gasteiger partial charge in [-0.2, -0.15) is 13.2 Å². The van der Waals surface area contributed by atoms with Gasteiger partial charge in [-0.3, -0.25) is 9.78 Å². The maximum atomic E-state index is 12.0. The van der Waals surface area contributed by atoms with Crippen LogP contribution in [0.25, 0.3) is 0 Å². The Balaban J connectivity index is 1.76. The minimum absolute atomic E-state index is 0.184. The minimum Gasteiger partial charge on any atom is -0.485 e. The summed E-state index contributed by atoms with van der Waals surface area (Å²) in [5, 5.41) is 0. The van der Waals surface area contributed by atoms with E-state index in [9.17, 15) is 18.0 Å². The summed E-state index contributed by atoms with van der Waals surface area (Å²) < 4.78 is 41.4. The van der Waals surface area contributed by atoms with Gasteiger partial charge in [-0.25, -0.2) is 0 Å². The number of amides is 1. The number of alkyl halides is 3. The zero-order valence-corrected chi connectivity index (χ0v) is 9.35. The molecule has 0 N–H and O–H groups in total. The Hall–Kier alpha value is -1.79. The van der Waals surface area contributed by atoms with Crippen molar-refractivity contribution < 1.29 is 22.7 Å². The van der Waals surface area contributed by atoms with Crippen molar-refractivity contribution in [3.05, 3.63) is 24.5 Å². The molecule has 0 unspecified atom stereocenters. The number of hydrogen-bond donors (Lipinski definition) is 0. The van der Waals surface area contributed by atoms with Crippen LogP contribution in [0.1, 0.15) is 6.42 Å². The SMILES string of the molecule is O=C(CC(F)(F)F)N1CC(Oc2cccnc2)C1. The number of hydrogen-bond acceptors (Lipinski definition) is 3. The van der Waals surface area contributed by atoms with Crippen molar-refractivity contribution in [3.63, 3.8) is 0 Å². The van der Waals surface area contributed by atoms with E-state index in [0.717, 1.165) is 4.90 Å². The van der Waals surface area contributed by atoms with Gasteiger partial charge in [-0.1, -0.05) is 0 Å². The first kappa shape index (κ1) is 12.7. The predicted octanol–water partition coefficient (Wildman–Crippen LogP) is 1.62. The smallest absolute Gasteiger partial charge is 0.397 e. The Labute approximate surface area is 101 Å². The lowest BCUT2D eigenvalue weighted by atomic mass is 10.1. The van der Waals surface area contributed by atoms with Crippen LogP contribution in [0, 0.1) is 0 Å². The molecule has 0 saturated carbocycles. The Morgan fingerprint density at radius 1 is 1.50 bits per heavy atom. The first-order chi connectivity index (χ1) is 8.44. The van der Waals surface area contributed by atoms with Crippen LogP contribution in [0.5, 0.6) is 5.75 Å². The van der Waals surface area contributed by atoms with Crippen molar-refractivity contribution in [2.45, 2.75) is 18.7 Å². The van der Waals surface area contributed by atoms with Gasteiger partial charge in [0.1, 0.15) is 18.3 Å². The number of rotatable bonds is 3. The molecule has 1 aromatic rings. The molecule has 0 aliphatic carbocycles.